The van der Waals surface area contributed by atoms with Gasteiger partial charge < -0.3 is 19.9 Å². The van der Waals surface area contributed by atoms with Crippen LogP contribution >= 0.6 is 0 Å². The summed E-state index contributed by atoms with van der Waals surface area (Å²) in [6.45, 7) is 4.79. The number of carbonyl (C=O) groups excluding carboxylic acids is 2. The molecule has 1 saturated heterocycles. The molecule has 1 aliphatic rings. The second-order valence-corrected chi connectivity index (χ2v) is 7.08. The molecule has 0 radical (unpaired) electrons. The third kappa shape index (κ3) is 7.46. The number of hydrogen-bond donors (Lipinski definition) is 1. The molecule has 1 aromatic carbocycles. The number of rotatable bonds is 11. The maximum absolute atomic E-state index is 13.9. The van der Waals surface area contributed by atoms with Gasteiger partial charge >= 0.3 is 0 Å². The largest absolute Gasteiger partial charge is 0.366 e. The smallest absolute Gasteiger partial charge is 0.248 e. The van der Waals surface area contributed by atoms with Crippen LogP contribution in [0.2, 0.25) is 0 Å². The number of nitrogens with zero attached hydrogens (tertiary/aromatic N) is 2. The Kier molecular flexibility index (Phi) is 9.76. The van der Waals surface area contributed by atoms with Crippen LogP contribution in [0.4, 0.5) is 10.1 Å². The highest BCUT2D eigenvalue weighted by atomic mass is 19.1. The van der Waals surface area contributed by atoms with Gasteiger partial charge in [0, 0.05) is 32.7 Å². The first-order valence-corrected chi connectivity index (χ1v) is 10.2. The van der Waals surface area contributed by atoms with Crippen LogP contribution in [0.5, 0.6) is 0 Å². The molecule has 1 aliphatic heterocycles. The van der Waals surface area contributed by atoms with Crippen molar-refractivity contribution < 1.29 is 18.7 Å². The third-order valence-electron chi connectivity index (χ3n) is 4.89. The van der Waals surface area contributed by atoms with E-state index in [1.165, 1.54) is 25.3 Å². The van der Waals surface area contributed by atoms with E-state index in [4.69, 9.17) is 4.74 Å². The van der Waals surface area contributed by atoms with E-state index in [0.717, 1.165) is 12.8 Å². The Morgan fingerprint density at radius 3 is 2.46 bits per heavy atom. The Labute approximate surface area is 167 Å². The number of halogens is 1. The Morgan fingerprint density at radius 2 is 1.75 bits per heavy atom. The number of ether oxygens (including phenoxy) is 1. The topological polar surface area (TPSA) is 61.9 Å². The SMILES string of the molecule is CCCCCCCNC(=O)COCC(=O)N1CCN(c2ccccc2F)CC1. The Hall–Kier alpha value is -2.15. The lowest BCUT2D eigenvalue weighted by Gasteiger charge is -2.36. The van der Waals surface area contributed by atoms with Gasteiger partial charge in [-0.2, -0.15) is 0 Å². The van der Waals surface area contributed by atoms with E-state index >= 15 is 0 Å². The number of unbranched alkanes of at least 4 members (excludes halogenated alkanes) is 4. The molecule has 6 nitrogen and oxygen atoms in total. The average molecular weight is 394 g/mol. The molecule has 0 saturated carbocycles. The molecule has 2 rings (SSSR count). The Balaban J connectivity index is 1.58. The fourth-order valence-corrected chi connectivity index (χ4v) is 3.23. The third-order valence-corrected chi connectivity index (χ3v) is 4.89. The van der Waals surface area contributed by atoms with Gasteiger partial charge in [-0.3, -0.25) is 9.59 Å². The molecule has 1 N–H and O–H groups in total. The van der Waals surface area contributed by atoms with Crippen LogP contribution in [-0.2, 0) is 14.3 Å². The van der Waals surface area contributed by atoms with Crippen molar-refractivity contribution in [2.24, 2.45) is 0 Å². The van der Waals surface area contributed by atoms with Gasteiger partial charge in [0.05, 0.1) is 5.69 Å². The van der Waals surface area contributed by atoms with Crippen LogP contribution in [0.1, 0.15) is 39.0 Å². The number of benzene rings is 1. The minimum absolute atomic E-state index is 0.101. The lowest BCUT2D eigenvalue weighted by molar-refractivity contribution is -0.138. The standard InChI is InChI=1S/C21H32FN3O3/c1-2-3-4-5-8-11-23-20(26)16-28-17-21(27)25-14-12-24(13-15-25)19-10-7-6-9-18(19)22/h6-7,9-10H,2-5,8,11-17H2,1H3,(H,23,26). The van der Waals surface area contributed by atoms with Crippen molar-refractivity contribution in [2.75, 3.05) is 50.8 Å². The van der Waals surface area contributed by atoms with E-state index in [2.05, 4.69) is 12.2 Å². The summed E-state index contributed by atoms with van der Waals surface area (Å²) in [6, 6.07) is 6.66. The van der Waals surface area contributed by atoms with E-state index < -0.39 is 0 Å². The zero-order valence-electron chi connectivity index (χ0n) is 16.8. The fraction of sp³-hybridized carbons (Fsp3) is 0.619. The van der Waals surface area contributed by atoms with Crippen molar-refractivity contribution in [3.8, 4) is 0 Å². The van der Waals surface area contributed by atoms with Gasteiger partial charge in [-0.05, 0) is 18.6 Å². The molecule has 0 atom stereocenters. The molecule has 0 aliphatic carbocycles. The van der Waals surface area contributed by atoms with E-state index in [-0.39, 0.29) is 30.8 Å². The maximum atomic E-state index is 13.9. The quantitative estimate of drug-likeness (QED) is 0.587. The first-order valence-electron chi connectivity index (χ1n) is 10.2. The highest BCUT2D eigenvalue weighted by Gasteiger charge is 2.22. The average Bonchev–Trinajstić information content (AvgIpc) is 2.71. The van der Waals surface area contributed by atoms with E-state index in [0.29, 0.717) is 38.4 Å². The summed E-state index contributed by atoms with van der Waals surface area (Å²) in [4.78, 5) is 27.6. The number of amides is 2. The lowest BCUT2D eigenvalue weighted by Crippen LogP contribution is -2.50. The van der Waals surface area contributed by atoms with Gasteiger partial charge in [-0.15, -0.1) is 0 Å². The van der Waals surface area contributed by atoms with Crippen molar-refractivity contribution in [3.05, 3.63) is 30.1 Å². The van der Waals surface area contributed by atoms with Crippen molar-refractivity contribution in [2.45, 2.75) is 39.0 Å². The number of carbonyl (C=O) groups is 2. The highest BCUT2D eigenvalue weighted by Crippen LogP contribution is 2.20. The summed E-state index contributed by atoms with van der Waals surface area (Å²) in [6.07, 6.45) is 5.71. The normalized spacial score (nSPS) is 14.2. The molecule has 7 heteroatoms. The fourth-order valence-electron chi connectivity index (χ4n) is 3.23. The molecule has 0 bridgehead atoms. The zero-order chi connectivity index (χ0) is 20.2. The number of anilines is 1. The van der Waals surface area contributed by atoms with Crippen LogP contribution in [-0.4, -0.2) is 62.7 Å². The maximum Gasteiger partial charge on any atom is 0.248 e. The van der Waals surface area contributed by atoms with Gasteiger partial charge in [0.15, 0.2) is 0 Å². The summed E-state index contributed by atoms with van der Waals surface area (Å²) in [5, 5.41) is 2.81. The number of nitrogens with one attached hydrogen (secondary N) is 1. The van der Waals surface area contributed by atoms with Gasteiger partial charge in [0.1, 0.15) is 19.0 Å². The monoisotopic (exact) mass is 393 g/mol. The zero-order valence-corrected chi connectivity index (χ0v) is 16.8. The molecular weight excluding hydrogens is 361 g/mol. The molecule has 1 heterocycles. The van der Waals surface area contributed by atoms with Crippen molar-refractivity contribution >= 4 is 17.5 Å². The Bertz CT molecular complexity index is 619. The molecule has 0 spiro atoms. The minimum atomic E-state index is -0.248. The molecule has 1 aromatic rings. The van der Waals surface area contributed by atoms with Gasteiger partial charge in [0.25, 0.3) is 0 Å². The predicted octanol–water partition coefficient (Wildman–Crippen LogP) is 2.58. The van der Waals surface area contributed by atoms with Gasteiger partial charge in [-0.1, -0.05) is 44.7 Å². The van der Waals surface area contributed by atoms with Crippen LogP contribution in [0.3, 0.4) is 0 Å². The van der Waals surface area contributed by atoms with Crippen molar-refractivity contribution in [3.63, 3.8) is 0 Å². The predicted molar refractivity (Wildman–Crippen MR) is 108 cm³/mol. The van der Waals surface area contributed by atoms with E-state index in [1.807, 2.05) is 4.90 Å². The molecule has 28 heavy (non-hydrogen) atoms. The molecule has 0 aromatic heterocycles. The van der Waals surface area contributed by atoms with Gasteiger partial charge in [-0.25, -0.2) is 4.39 Å². The molecule has 0 unspecified atom stereocenters. The lowest BCUT2D eigenvalue weighted by atomic mass is 10.1. The first kappa shape index (κ1) is 22.1. The molecule has 2 amide bonds. The number of hydrogen-bond acceptors (Lipinski definition) is 4. The molecule has 156 valence electrons. The van der Waals surface area contributed by atoms with Crippen LogP contribution in [0, 0.1) is 5.82 Å². The summed E-state index contributed by atoms with van der Waals surface area (Å²) in [5.74, 6) is -0.574. The van der Waals surface area contributed by atoms with Crippen LogP contribution < -0.4 is 10.2 Å². The van der Waals surface area contributed by atoms with Crippen molar-refractivity contribution in [1.82, 2.24) is 10.2 Å². The molecule has 1 fully saturated rings. The number of para-hydroxylation sites is 1. The second kappa shape index (κ2) is 12.3. The summed E-state index contributed by atoms with van der Waals surface area (Å²) >= 11 is 0. The highest BCUT2D eigenvalue weighted by molar-refractivity contribution is 5.79. The minimum Gasteiger partial charge on any atom is -0.366 e. The molecular formula is C21H32FN3O3. The van der Waals surface area contributed by atoms with Crippen molar-refractivity contribution in [1.29, 1.82) is 0 Å². The van der Waals surface area contributed by atoms with Gasteiger partial charge in [0.2, 0.25) is 11.8 Å². The van der Waals surface area contributed by atoms with E-state index in [1.54, 1.807) is 23.1 Å². The summed E-state index contributed by atoms with van der Waals surface area (Å²) in [7, 11) is 0. The summed E-state index contributed by atoms with van der Waals surface area (Å²) in [5.41, 5.74) is 0.567. The Morgan fingerprint density at radius 1 is 1.04 bits per heavy atom. The van der Waals surface area contributed by atoms with Crippen LogP contribution in [0.25, 0.3) is 0 Å². The second-order valence-electron chi connectivity index (χ2n) is 7.08. The van der Waals surface area contributed by atoms with Crippen LogP contribution in [0.15, 0.2) is 24.3 Å². The number of piperazine rings is 1. The summed E-state index contributed by atoms with van der Waals surface area (Å²) < 4.78 is 19.1. The first-order chi connectivity index (χ1) is 13.6. The van der Waals surface area contributed by atoms with E-state index in [9.17, 15) is 14.0 Å².